The minimum atomic E-state index is -0.161. The molecule has 0 aliphatic carbocycles. The van der Waals surface area contributed by atoms with Gasteiger partial charge in [0.2, 0.25) is 5.91 Å². The van der Waals surface area contributed by atoms with Crippen molar-refractivity contribution in [2.45, 2.75) is 32.7 Å². The summed E-state index contributed by atoms with van der Waals surface area (Å²) in [5.74, 6) is 0.269. The number of ether oxygens (including phenoxy) is 1. The van der Waals surface area contributed by atoms with E-state index in [1.165, 1.54) is 7.11 Å². The van der Waals surface area contributed by atoms with E-state index in [1.807, 2.05) is 19.2 Å². The molecule has 0 fully saturated rings. The molecule has 0 saturated heterocycles. The number of nitrogens with zero attached hydrogens (tertiary/aromatic N) is 1. The second-order valence-corrected chi connectivity index (χ2v) is 6.27. The van der Waals surface area contributed by atoms with E-state index in [0.29, 0.717) is 11.3 Å². The van der Waals surface area contributed by atoms with Crippen LogP contribution in [-0.2, 0) is 4.79 Å². The van der Waals surface area contributed by atoms with Gasteiger partial charge in [0.15, 0.2) is 5.78 Å². The predicted octanol–water partition coefficient (Wildman–Crippen LogP) is 3.30. The van der Waals surface area contributed by atoms with Gasteiger partial charge in [0.25, 0.3) is 0 Å². The van der Waals surface area contributed by atoms with Crippen molar-refractivity contribution >= 4 is 23.0 Å². The quantitative estimate of drug-likeness (QED) is 0.790. The second-order valence-electron chi connectivity index (χ2n) is 5.20. The van der Waals surface area contributed by atoms with E-state index in [-0.39, 0.29) is 30.6 Å². The van der Waals surface area contributed by atoms with Gasteiger partial charge in [0, 0.05) is 18.2 Å². The minimum Gasteiger partial charge on any atom is -0.496 e. The minimum absolute atomic E-state index is 0.102. The summed E-state index contributed by atoms with van der Waals surface area (Å²) in [6.45, 7) is 3.81. The highest BCUT2D eigenvalue weighted by Crippen LogP contribution is 2.20. The van der Waals surface area contributed by atoms with Crippen LogP contribution in [0.3, 0.4) is 0 Å². The number of carbonyl (C=O) groups is 2. The molecule has 1 atom stereocenters. The third-order valence-electron chi connectivity index (χ3n) is 3.44. The van der Waals surface area contributed by atoms with E-state index >= 15 is 0 Å². The Morgan fingerprint density at radius 2 is 2.04 bits per heavy atom. The topological polar surface area (TPSA) is 68.3 Å². The molecule has 0 aliphatic heterocycles. The molecule has 1 N–H and O–H groups in total. The maximum absolute atomic E-state index is 12.2. The molecule has 6 heteroatoms. The van der Waals surface area contributed by atoms with E-state index in [4.69, 9.17) is 4.74 Å². The number of ketones is 1. The monoisotopic (exact) mass is 332 g/mol. The van der Waals surface area contributed by atoms with Crippen LogP contribution in [0.5, 0.6) is 5.75 Å². The van der Waals surface area contributed by atoms with Crippen molar-refractivity contribution in [3.05, 3.63) is 45.9 Å². The number of aryl methyl sites for hydroxylation is 1. The van der Waals surface area contributed by atoms with Crippen molar-refractivity contribution in [1.29, 1.82) is 0 Å². The van der Waals surface area contributed by atoms with Gasteiger partial charge in [-0.3, -0.25) is 9.59 Å². The fraction of sp³-hybridized carbons (Fsp3) is 0.353. The van der Waals surface area contributed by atoms with Crippen LogP contribution in [-0.4, -0.2) is 23.8 Å². The summed E-state index contributed by atoms with van der Waals surface area (Å²) in [6.07, 6.45) is 0.291. The molecule has 1 unspecified atom stereocenters. The molecule has 23 heavy (non-hydrogen) atoms. The smallest absolute Gasteiger partial charge is 0.220 e. The van der Waals surface area contributed by atoms with Crippen LogP contribution in [0.15, 0.2) is 29.6 Å². The molecule has 2 aromatic rings. The fourth-order valence-electron chi connectivity index (χ4n) is 2.20. The van der Waals surface area contributed by atoms with Crippen LogP contribution in [0.2, 0.25) is 0 Å². The summed E-state index contributed by atoms with van der Waals surface area (Å²) < 4.78 is 5.17. The first-order valence-corrected chi connectivity index (χ1v) is 8.27. The van der Waals surface area contributed by atoms with Gasteiger partial charge in [-0.05, 0) is 26.0 Å². The van der Waals surface area contributed by atoms with Crippen LogP contribution in [0.4, 0.5) is 0 Å². The van der Waals surface area contributed by atoms with Crippen molar-refractivity contribution in [1.82, 2.24) is 10.3 Å². The zero-order chi connectivity index (χ0) is 16.8. The lowest BCUT2D eigenvalue weighted by molar-refractivity contribution is -0.121. The Balaban J connectivity index is 1.87. The van der Waals surface area contributed by atoms with Crippen molar-refractivity contribution in [3.63, 3.8) is 0 Å². The number of rotatable bonds is 7. The molecule has 0 radical (unpaired) electrons. The third-order valence-corrected chi connectivity index (χ3v) is 4.24. The van der Waals surface area contributed by atoms with Crippen molar-refractivity contribution in [2.24, 2.45) is 0 Å². The summed E-state index contributed by atoms with van der Waals surface area (Å²) in [5, 5.41) is 5.76. The molecule has 1 heterocycles. The Kier molecular flexibility index (Phi) is 5.87. The van der Waals surface area contributed by atoms with Gasteiger partial charge in [-0.25, -0.2) is 4.98 Å². The number of benzene rings is 1. The van der Waals surface area contributed by atoms with Gasteiger partial charge in [-0.2, -0.15) is 0 Å². The normalized spacial score (nSPS) is 11.8. The van der Waals surface area contributed by atoms with E-state index in [1.54, 1.807) is 35.6 Å². The number of amides is 1. The number of nitrogens with one attached hydrogen (secondary N) is 1. The van der Waals surface area contributed by atoms with Crippen LogP contribution < -0.4 is 10.1 Å². The Morgan fingerprint density at radius 1 is 1.30 bits per heavy atom. The van der Waals surface area contributed by atoms with E-state index in [2.05, 4.69) is 10.3 Å². The highest BCUT2D eigenvalue weighted by atomic mass is 32.1. The predicted molar refractivity (Wildman–Crippen MR) is 90.0 cm³/mol. The first-order valence-electron chi connectivity index (χ1n) is 7.39. The molecule has 0 saturated carbocycles. The number of hydrogen-bond donors (Lipinski definition) is 1. The first-order chi connectivity index (χ1) is 11.0. The zero-order valence-electron chi connectivity index (χ0n) is 13.5. The van der Waals surface area contributed by atoms with E-state index in [9.17, 15) is 9.59 Å². The van der Waals surface area contributed by atoms with E-state index in [0.717, 1.165) is 10.7 Å². The van der Waals surface area contributed by atoms with Crippen LogP contribution in [0.25, 0.3) is 0 Å². The maximum atomic E-state index is 12.2. The Labute approximate surface area is 139 Å². The lowest BCUT2D eigenvalue weighted by Crippen LogP contribution is -2.27. The van der Waals surface area contributed by atoms with Gasteiger partial charge in [0.1, 0.15) is 5.75 Å². The lowest BCUT2D eigenvalue weighted by Gasteiger charge is -2.12. The number of hydrogen-bond acceptors (Lipinski definition) is 5. The van der Waals surface area contributed by atoms with Crippen LogP contribution in [0, 0.1) is 6.92 Å². The van der Waals surface area contributed by atoms with Crippen molar-refractivity contribution < 1.29 is 14.3 Å². The molecular formula is C17H20N2O3S. The summed E-state index contributed by atoms with van der Waals surface area (Å²) in [6, 6.07) is 6.87. The summed E-state index contributed by atoms with van der Waals surface area (Å²) >= 11 is 1.55. The molecule has 122 valence electrons. The Bertz CT molecular complexity index is 697. The standard InChI is InChI=1S/C17H20N2O3S/c1-11(14-10-23-12(2)19-14)18-17(21)9-8-15(20)13-6-4-5-7-16(13)22-3/h4-7,10-11H,8-9H2,1-3H3,(H,18,21). The van der Waals surface area contributed by atoms with Crippen LogP contribution in [0.1, 0.15) is 46.9 Å². The van der Waals surface area contributed by atoms with Gasteiger partial charge in [-0.1, -0.05) is 12.1 Å². The highest BCUT2D eigenvalue weighted by Gasteiger charge is 2.16. The van der Waals surface area contributed by atoms with Gasteiger partial charge in [-0.15, -0.1) is 11.3 Å². The van der Waals surface area contributed by atoms with Crippen molar-refractivity contribution in [2.75, 3.05) is 7.11 Å². The molecule has 1 aromatic heterocycles. The molecule has 1 amide bonds. The third kappa shape index (κ3) is 4.63. The second kappa shape index (κ2) is 7.87. The van der Waals surface area contributed by atoms with E-state index < -0.39 is 0 Å². The molecule has 2 rings (SSSR count). The number of thiazole rings is 1. The lowest BCUT2D eigenvalue weighted by atomic mass is 10.1. The Hall–Kier alpha value is -2.21. The number of carbonyl (C=O) groups excluding carboxylic acids is 2. The summed E-state index contributed by atoms with van der Waals surface area (Å²) in [4.78, 5) is 28.6. The number of methoxy groups -OCH3 is 1. The molecule has 0 aliphatic rings. The average Bonchev–Trinajstić information content (AvgIpc) is 2.99. The van der Waals surface area contributed by atoms with Crippen molar-refractivity contribution in [3.8, 4) is 5.75 Å². The molecular weight excluding hydrogens is 312 g/mol. The number of Topliss-reactive ketones (excluding diaryl/α,β-unsaturated/α-hetero) is 1. The SMILES string of the molecule is COc1ccccc1C(=O)CCC(=O)NC(C)c1csc(C)n1. The number of para-hydroxylation sites is 1. The molecule has 0 spiro atoms. The van der Waals surface area contributed by atoms with Gasteiger partial charge < -0.3 is 10.1 Å². The van der Waals surface area contributed by atoms with Gasteiger partial charge >= 0.3 is 0 Å². The first kappa shape index (κ1) is 17.1. The van der Waals surface area contributed by atoms with Gasteiger partial charge in [0.05, 0.1) is 29.4 Å². The number of aromatic nitrogens is 1. The summed E-state index contributed by atoms with van der Waals surface area (Å²) in [7, 11) is 1.52. The largest absolute Gasteiger partial charge is 0.496 e. The fourth-order valence-corrected chi connectivity index (χ4v) is 2.91. The van der Waals surface area contributed by atoms with Crippen LogP contribution >= 0.6 is 11.3 Å². The Morgan fingerprint density at radius 3 is 2.70 bits per heavy atom. The molecule has 0 bridgehead atoms. The maximum Gasteiger partial charge on any atom is 0.220 e. The highest BCUT2D eigenvalue weighted by molar-refractivity contribution is 7.09. The average molecular weight is 332 g/mol. The summed E-state index contributed by atoms with van der Waals surface area (Å²) in [5.41, 5.74) is 1.35. The zero-order valence-corrected chi connectivity index (χ0v) is 14.3. The molecule has 5 nitrogen and oxygen atoms in total. The molecule has 1 aromatic carbocycles.